The van der Waals surface area contributed by atoms with Crippen molar-refractivity contribution in [3.63, 3.8) is 0 Å². The van der Waals surface area contributed by atoms with Gasteiger partial charge in [0.1, 0.15) is 0 Å². The average molecular weight is 291 g/mol. The third-order valence-electron chi connectivity index (χ3n) is 6.92. The van der Waals surface area contributed by atoms with Crippen LogP contribution in [0.5, 0.6) is 0 Å². The molecule has 0 amide bonds. The van der Waals surface area contributed by atoms with Gasteiger partial charge in [0.15, 0.2) is 0 Å². The van der Waals surface area contributed by atoms with Crippen molar-refractivity contribution in [1.82, 2.24) is 14.7 Å². The Kier molecular flexibility index (Phi) is 3.40. The van der Waals surface area contributed by atoms with Crippen molar-refractivity contribution in [3.05, 3.63) is 0 Å². The van der Waals surface area contributed by atoms with Crippen molar-refractivity contribution in [2.45, 2.75) is 46.2 Å². The van der Waals surface area contributed by atoms with Crippen LogP contribution in [0.15, 0.2) is 0 Å². The summed E-state index contributed by atoms with van der Waals surface area (Å²) in [5, 5.41) is 0. The molecule has 3 nitrogen and oxygen atoms in total. The van der Waals surface area contributed by atoms with Gasteiger partial charge in [0.05, 0.1) is 0 Å². The molecule has 3 heterocycles. The number of hydrogen-bond donors (Lipinski definition) is 0. The van der Waals surface area contributed by atoms with Gasteiger partial charge in [-0.25, -0.2) is 0 Å². The molecule has 1 spiro atoms. The molecule has 3 heteroatoms. The van der Waals surface area contributed by atoms with Crippen LogP contribution in [0.25, 0.3) is 0 Å². The molecule has 21 heavy (non-hydrogen) atoms. The standard InChI is InChI=1S/C18H33N3/c1-13(2)20-8-16-15(17(16)9-20)7-19-6-5-18(10-19)11-21(12-18)14(3)4/h13-17H,5-12H2,1-4H3. The Bertz CT molecular complexity index is 387. The van der Waals surface area contributed by atoms with Crippen molar-refractivity contribution in [3.8, 4) is 0 Å². The number of nitrogens with zero attached hydrogens (tertiary/aromatic N) is 3. The summed E-state index contributed by atoms with van der Waals surface area (Å²) in [6, 6.07) is 1.50. The van der Waals surface area contributed by atoms with Crippen molar-refractivity contribution in [2.75, 3.05) is 45.8 Å². The van der Waals surface area contributed by atoms with Crippen LogP contribution in [0.3, 0.4) is 0 Å². The van der Waals surface area contributed by atoms with E-state index in [4.69, 9.17) is 0 Å². The highest BCUT2D eigenvalue weighted by molar-refractivity contribution is 5.08. The molecule has 4 aliphatic rings. The van der Waals surface area contributed by atoms with Crippen LogP contribution in [0.2, 0.25) is 0 Å². The van der Waals surface area contributed by atoms with Gasteiger partial charge in [-0.2, -0.15) is 0 Å². The van der Waals surface area contributed by atoms with E-state index in [0.717, 1.165) is 29.8 Å². The number of fused-ring (bicyclic) bond motifs is 1. The maximum absolute atomic E-state index is 2.81. The molecule has 1 aliphatic carbocycles. The van der Waals surface area contributed by atoms with Gasteiger partial charge in [0.2, 0.25) is 0 Å². The molecule has 0 radical (unpaired) electrons. The fraction of sp³-hybridized carbons (Fsp3) is 1.00. The van der Waals surface area contributed by atoms with Crippen LogP contribution in [-0.2, 0) is 0 Å². The van der Waals surface area contributed by atoms with Gasteiger partial charge in [0, 0.05) is 56.8 Å². The molecule has 120 valence electrons. The van der Waals surface area contributed by atoms with E-state index in [2.05, 4.69) is 42.4 Å². The molecule has 2 atom stereocenters. The normalized spacial score (nSPS) is 39.4. The average Bonchev–Trinajstić information content (AvgIpc) is 2.81. The minimum atomic E-state index is 0.679. The number of rotatable bonds is 4. The van der Waals surface area contributed by atoms with Gasteiger partial charge in [-0.3, -0.25) is 4.90 Å². The number of hydrogen-bond acceptors (Lipinski definition) is 3. The van der Waals surface area contributed by atoms with E-state index in [0.29, 0.717) is 5.41 Å². The first kappa shape index (κ1) is 14.5. The van der Waals surface area contributed by atoms with E-state index in [1.165, 1.54) is 52.2 Å². The fourth-order valence-electron chi connectivity index (χ4n) is 5.29. The highest BCUT2D eigenvalue weighted by atomic mass is 15.3. The molecule has 3 aliphatic heterocycles. The van der Waals surface area contributed by atoms with Crippen LogP contribution < -0.4 is 0 Å². The summed E-state index contributed by atoms with van der Waals surface area (Å²) in [6.07, 6.45) is 1.45. The zero-order chi connectivity index (χ0) is 14.8. The molecule has 4 fully saturated rings. The molecule has 1 saturated carbocycles. The smallest absolute Gasteiger partial charge is 0.00971 e. The first-order valence-electron chi connectivity index (χ1n) is 9.18. The van der Waals surface area contributed by atoms with Crippen molar-refractivity contribution in [2.24, 2.45) is 23.2 Å². The lowest BCUT2D eigenvalue weighted by molar-refractivity contribution is -0.0145. The zero-order valence-electron chi connectivity index (χ0n) is 14.4. The van der Waals surface area contributed by atoms with E-state index < -0.39 is 0 Å². The molecular weight excluding hydrogens is 258 g/mol. The highest BCUT2D eigenvalue weighted by Crippen LogP contribution is 2.53. The van der Waals surface area contributed by atoms with E-state index in [-0.39, 0.29) is 0 Å². The SMILES string of the molecule is CC(C)N1CC2C(CN3CCC4(C3)CN(C(C)C)C4)C2C1. The summed E-state index contributed by atoms with van der Waals surface area (Å²) in [6.45, 7) is 19.0. The Morgan fingerprint density at radius 1 is 0.905 bits per heavy atom. The van der Waals surface area contributed by atoms with Crippen LogP contribution >= 0.6 is 0 Å². The quantitative estimate of drug-likeness (QED) is 0.784. The Labute approximate surface area is 130 Å². The largest absolute Gasteiger partial charge is 0.302 e. The summed E-state index contributed by atoms with van der Waals surface area (Å²) in [7, 11) is 0. The first-order chi connectivity index (χ1) is 9.97. The third kappa shape index (κ3) is 2.46. The molecule has 3 saturated heterocycles. The molecule has 0 aromatic heterocycles. The molecule has 0 N–H and O–H groups in total. The summed E-state index contributed by atoms with van der Waals surface area (Å²) in [5.74, 6) is 3.12. The number of likely N-dealkylation sites (tertiary alicyclic amines) is 3. The fourth-order valence-corrected chi connectivity index (χ4v) is 5.29. The van der Waals surface area contributed by atoms with Crippen LogP contribution in [-0.4, -0.2) is 72.6 Å². The van der Waals surface area contributed by atoms with Gasteiger partial charge in [-0.1, -0.05) is 0 Å². The van der Waals surface area contributed by atoms with Gasteiger partial charge < -0.3 is 9.80 Å². The molecule has 0 aromatic rings. The maximum Gasteiger partial charge on any atom is 0.00971 e. The minimum absolute atomic E-state index is 0.679. The van der Waals surface area contributed by atoms with Crippen LogP contribution in [0.1, 0.15) is 34.1 Å². The molecule has 0 aromatic carbocycles. The Morgan fingerprint density at radius 2 is 1.52 bits per heavy atom. The minimum Gasteiger partial charge on any atom is -0.302 e. The van der Waals surface area contributed by atoms with Gasteiger partial charge in [0.25, 0.3) is 0 Å². The maximum atomic E-state index is 2.81. The lowest BCUT2D eigenvalue weighted by Gasteiger charge is -2.50. The second kappa shape index (κ2) is 4.94. The monoisotopic (exact) mass is 291 g/mol. The van der Waals surface area contributed by atoms with Crippen LogP contribution in [0, 0.1) is 23.2 Å². The molecule has 4 rings (SSSR count). The van der Waals surface area contributed by atoms with E-state index in [1.807, 2.05) is 0 Å². The van der Waals surface area contributed by atoms with E-state index in [1.54, 1.807) is 0 Å². The summed E-state index contributed by atoms with van der Waals surface area (Å²) in [4.78, 5) is 8.14. The van der Waals surface area contributed by atoms with Crippen LogP contribution in [0.4, 0.5) is 0 Å². The third-order valence-corrected chi connectivity index (χ3v) is 6.92. The zero-order valence-corrected chi connectivity index (χ0v) is 14.4. The predicted molar refractivity (Wildman–Crippen MR) is 87.4 cm³/mol. The first-order valence-corrected chi connectivity index (χ1v) is 9.18. The highest BCUT2D eigenvalue weighted by Gasteiger charge is 2.57. The predicted octanol–water partition coefficient (Wildman–Crippen LogP) is 1.99. The summed E-state index contributed by atoms with van der Waals surface area (Å²) >= 11 is 0. The van der Waals surface area contributed by atoms with E-state index >= 15 is 0 Å². The lowest BCUT2D eigenvalue weighted by atomic mass is 9.78. The Morgan fingerprint density at radius 3 is 2.10 bits per heavy atom. The summed E-state index contributed by atoms with van der Waals surface area (Å²) < 4.78 is 0. The second-order valence-electron chi connectivity index (χ2n) is 9.02. The van der Waals surface area contributed by atoms with Gasteiger partial charge in [-0.15, -0.1) is 0 Å². The molecule has 2 unspecified atom stereocenters. The Hall–Kier alpha value is -0.120. The van der Waals surface area contributed by atoms with Crippen molar-refractivity contribution < 1.29 is 0 Å². The topological polar surface area (TPSA) is 9.72 Å². The number of piperidine rings is 1. The van der Waals surface area contributed by atoms with E-state index in [9.17, 15) is 0 Å². The summed E-state index contributed by atoms with van der Waals surface area (Å²) in [5.41, 5.74) is 0.679. The molecule has 0 bridgehead atoms. The van der Waals surface area contributed by atoms with Gasteiger partial charge >= 0.3 is 0 Å². The second-order valence-corrected chi connectivity index (χ2v) is 9.02. The van der Waals surface area contributed by atoms with Gasteiger partial charge in [-0.05, 0) is 58.4 Å². The molecular formula is C18H33N3. The Balaban J connectivity index is 1.23. The van der Waals surface area contributed by atoms with Crippen molar-refractivity contribution in [1.29, 1.82) is 0 Å². The lowest BCUT2D eigenvalue weighted by Crippen LogP contribution is -2.59. The van der Waals surface area contributed by atoms with Crippen molar-refractivity contribution >= 4 is 0 Å².